The third kappa shape index (κ3) is 12.0. The summed E-state index contributed by atoms with van der Waals surface area (Å²) in [7, 11) is 2.90. The first-order valence-corrected chi connectivity index (χ1v) is 19.5. The number of aromatic hydroxyl groups is 1. The van der Waals surface area contributed by atoms with Gasteiger partial charge in [-0.2, -0.15) is 0 Å². The van der Waals surface area contributed by atoms with Crippen molar-refractivity contribution in [2.24, 2.45) is 34.5 Å². The number of aliphatic hydroxyl groups is 1. The van der Waals surface area contributed by atoms with Crippen LogP contribution >= 0.6 is 0 Å². The molecule has 2 N–H and O–H groups in total. The quantitative estimate of drug-likeness (QED) is 0.306. The number of phenolic OH excluding ortho intramolecular Hbond substituents is 1. The second-order valence-electron chi connectivity index (χ2n) is 17.6. The van der Waals surface area contributed by atoms with Crippen molar-refractivity contribution >= 4 is 11.9 Å². The highest BCUT2D eigenvalue weighted by molar-refractivity contribution is 5.73. The van der Waals surface area contributed by atoms with Gasteiger partial charge in [0.1, 0.15) is 11.5 Å². The first-order valence-electron chi connectivity index (χ1n) is 19.5. The molecule has 7 heteroatoms. The molecule has 0 bridgehead atoms. The summed E-state index contributed by atoms with van der Waals surface area (Å²) in [5.74, 6) is 2.70. The predicted octanol–water partition coefficient (Wildman–Crippen LogP) is 9.20. The van der Waals surface area contributed by atoms with Gasteiger partial charge in [0.05, 0.1) is 38.3 Å². The van der Waals surface area contributed by atoms with Crippen LogP contribution in [-0.2, 0) is 44.7 Å². The van der Waals surface area contributed by atoms with E-state index in [1.165, 1.54) is 51.0 Å². The smallest absolute Gasteiger partial charge is 0.309 e. The molecule has 4 aliphatic carbocycles. The monoisotopic (exact) mass is 706 g/mol. The zero-order valence-electron chi connectivity index (χ0n) is 32.8. The molecule has 0 aliphatic heterocycles. The van der Waals surface area contributed by atoms with Gasteiger partial charge in [-0.25, -0.2) is 0 Å². The minimum Gasteiger partial charge on any atom is -0.508 e. The van der Waals surface area contributed by atoms with Crippen molar-refractivity contribution in [1.82, 2.24) is 0 Å². The molecule has 2 unspecified atom stereocenters. The number of methoxy groups -OCH3 is 2. The summed E-state index contributed by atoms with van der Waals surface area (Å²) in [4.78, 5) is 23.1. The van der Waals surface area contributed by atoms with Gasteiger partial charge in [0.15, 0.2) is 0 Å². The Kier molecular flexibility index (Phi) is 14.5. The lowest BCUT2D eigenvalue weighted by Crippen LogP contribution is -2.30. The minimum absolute atomic E-state index is 0.00593. The number of esters is 2. The normalized spacial score (nSPS) is 26.1. The predicted molar refractivity (Wildman–Crippen MR) is 203 cm³/mol. The van der Waals surface area contributed by atoms with E-state index < -0.39 is 0 Å². The molecule has 2 atom stereocenters. The second kappa shape index (κ2) is 18.1. The van der Waals surface area contributed by atoms with E-state index in [0.717, 1.165) is 92.9 Å². The van der Waals surface area contributed by atoms with Crippen molar-refractivity contribution in [2.45, 2.75) is 144 Å². The molecular formula is C44H66O7. The molecule has 0 aromatic heterocycles. The molecule has 0 saturated heterocycles. The van der Waals surface area contributed by atoms with Crippen molar-refractivity contribution in [3.8, 4) is 11.5 Å². The van der Waals surface area contributed by atoms with Gasteiger partial charge in [0.25, 0.3) is 0 Å². The van der Waals surface area contributed by atoms with Crippen LogP contribution in [-0.4, -0.2) is 48.6 Å². The van der Waals surface area contributed by atoms with Crippen LogP contribution in [0.15, 0.2) is 36.4 Å². The van der Waals surface area contributed by atoms with Gasteiger partial charge in [-0.15, -0.1) is 0 Å². The van der Waals surface area contributed by atoms with Gasteiger partial charge in [0, 0.05) is 0 Å². The van der Waals surface area contributed by atoms with Crippen molar-refractivity contribution in [2.75, 3.05) is 14.2 Å². The molecular weight excluding hydrogens is 640 g/mol. The number of phenols is 1. The van der Waals surface area contributed by atoms with Crippen LogP contribution in [0.5, 0.6) is 11.5 Å². The molecule has 6 rings (SSSR count). The Morgan fingerprint density at radius 1 is 0.608 bits per heavy atom. The van der Waals surface area contributed by atoms with E-state index >= 15 is 0 Å². The Bertz CT molecular complexity index is 1420. The van der Waals surface area contributed by atoms with Crippen molar-refractivity contribution in [1.29, 1.82) is 0 Å². The maximum atomic E-state index is 11.8. The molecule has 284 valence electrons. The van der Waals surface area contributed by atoms with Crippen molar-refractivity contribution in [3.63, 3.8) is 0 Å². The number of benzene rings is 2. The zero-order chi connectivity index (χ0) is 37.3. The number of hydrogen-bond donors (Lipinski definition) is 2. The number of ether oxygens (including phenoxy) is 3. The number of carbonyl (C=O) groups is 2. The van der Waals surface area contributed by atoms with Gasteiger partial charge in [0.2, 0.25) is 0 Å². The van der Waals surface area contributed by atoms with Crippen LogP contribution < -0.4 is 4.74 Å². The largest absolute Gasteiger partial charge is 0.508 e. The zero-order valence-corrected chi connectivity index (χ0v) is 32.8. The highest BCUT2D eigenvalue weighted by Gasteiger charge is 2.32. The number of aryl methyl sites for hydroxylation is 2. The van der Waals surface area contributed by atoms with E-state index in [0.29, 0.717) is 22.7 Å². The molecule has 0 heterocycles. The van der Waals surface area contributed by atoms with Crippen LogP contribution in [0.2, 0.25) is 0 Å². The Hall–Kier alpha value is -3.06. The van der Waals surface area contributed by atoms with Crippen LogP contribution in [0.3, 0.4) is 0 Å². The number of rotatable bonds is 4. The fourth-order valence-corrected chi connectivity index (χ4v) is 8.46. The average molecular weight is 707 g/mol. The molecule has 51 heavy (non-hydrogen) atoms. The lowest BCUT2D eigenvalue weighted by Gasteiger charge is -2.37. The summed E-state index contributed by atoms with van der Waals surface area (Å²) in [5, 5.41) is 18.6. The number of carbonyl (C=O) groups excluding carboxylic acids is 2. The summed E-state index contributed by atoms with van der Waals surface area (Å²) in [6.07, 6.45) is 14.6. The Morgan fingerprint density at radius 2 is 1.06 bits per heavy atom. The van der Waals surface area contributed by atoms with Crippen LogP contribution in [0.4, 0.5) is 0 Å². The Labute approximate surface area is 307 Å². The van der Waals surface area contributed by atoms with E-state index in [2.05, 4.69) is 59.7 Å². The van der Waals surface area contributed by atoms with Gasteiger partial charge >= 0.3 is 11.9 Å². The third-order valence-electron chi connectivity index (χ3n) is 12.0. The molecule has 2 aromatic carbocycles. The van der Waals surface area contributed by atoms with Gasteiger partial charge in [-0.3, -0.25) is 9.59 Å². The van der Waals surface area contributed by atoms with Crippen molar-refractivity contribution in [3.05, 3.63) is 58.7 Å². The van der Waals surface area contributed by atoms with Crippen LogP contribution in [0.1, 0.15) is 128 Å². The topological polar surface area (TPSA) is 102 Å². The maximum absolute atomic E-state index is 11.8. The highest BCUT2D eigenvalue weighted by Crippen LogP contribution is 2.40. The average Bonchev–Trinajstić information content (AvgIpc) is 3.10. The standard InChI is InChI=1S/C22H32O3.C12H14O3.C10H20O/c1-22(2,3)18-8-11-19(12-9-18)25-20-10-7-15-13-17(21(23)24-4)6-5-16(15)14-20;1-15-12(14)10-3-2-9-7-11(13)5-4-8(9)6-10;1-10(2,3)8-4-6-9(11)7-5-8/h7,10,14,17-19H,5-6,8-9,11-13H2,1-4H3;4-5,7,10,13H,2-3,6H2,1H3;8-9,11H,4-7H2,1-3H3. The van der Waals surface area contributed by atoms with Gasteiger partial charge in [-0.05, 0) is 159 Å². The third-order valence-corrected chi connectivity index (χ3v) is 12.0. The van der Waals surface area contributed by atoms with Gasteiger partial charge < -0.3 is 24.4 Å². The highest BCUT2D eigenvalue weighted by atomic mass is 16.5. The summed E-state index contributed by atoms with van der Waals surface area (Å²) in [6.45, 7) is 14.0. The molecule has 2 fully saturated rings. The molecule has 2 saturated carbocycles. The van der Waals surface area contributed by atoms with Crippen molar-refractivity contribution < 1.29 is 34.0 Å². The lowest BCUT2D eigenvalue weighted by molar-refractivity contribution is -0.146. The van der Waals surface area contributed by atoms with E-state index in [4.69, 9.17) is 14.2 Å². The molecule has 0 amide bonds. The fraction of sp³-hybridized carbons (Fsp3) is 0.682. The maximum Gasteiger partial charge on any atom is 0.309 e. The SMILES string of the molecule is CC(C)(C)C1CCC(O)CC1.COC(=O)C1CCc2cc(O)ccc2C1.COC(=O)C1CCc2cc(OC3CCC(C(C)(C)C)CC3)ccc2C1. The summed E-state index contributed by atoms with van der Waals surface area (Å²) < 4.78 is 15.9. The molecule has 0 radical (unpaired) electrons. The second-order valence-corrected chi connectivity index (χ2v) is 17.6. The number of aliphatic hydroxyl groups excluding tert-OH is 1. The van der Waals surface area contributed by atoms with E-state index in [1.807, 2.05) is 6.07 Å². The first kappa shape index (κ1) is 40.7. The lowest BCUT2D eigenvalue weighted by atomic mass is 9.72. The molecule has 0 spiro atoms. The van der Waals surface area contributed by atoms with Gasteiger partial charge in [-0.1, -0.05) is 53.7 Å². The molecule has 4 aliphatic rings. The summed E-state index contributed by atoms with van der Waals surface area (Å²) >= 11 is 0. The van der Waals surface area contributed by atoms with Crippen LogP contribution in [0, 0.1) is 34.5 Å². The summed E-state index contributed by atoms with van der Waals surface area (Å²) in [6, 6.07) is 11.7. The minimum atomic E-state index is -0.131. The fourth-order valence-electron chi connectivity index (χ4n) is 8.46. The van der Waals surface area contributed by atoms with E-state index in [9.17, 15) is 19.8 Å². The van der Waals surface area contributed by atoms with E-state index in [-0.39, 0.29) is 29.9 Å². The Balaban J connectivity index is 0.000000190. The molecule has 7 nitrogen and oxygen atoms in total. The number of fused-ring (bicyclic) bond motifs is 2. The molecule has 2 aromatic rings. The first-order chi connectivity index (χ1) is 24.1. The van der Waals surface area contributed by atoms with Crippen LogP contribution in [0.25, 0.3) is 0 Å². The number of hydrogen-bond acceptors (Lipinski definition) is 7. The summed E-state index contributed by atoms with van der Waals surface area (Å²) in [5.41, 5.74) is 5.75. The van der Waals surface area contributed by atoms with E-state index in [1.54, 1.807) is 12.1 Å². The Morgan fingerprint density at radius 3 is 1.53 bits per heavy atom.